The van der Waals surface area contributed by atoms with E-state index in [1.807, 2.05) is 6.08 Å². The molecule has 0 aromatic heterocycles. The van der Waals surface area contributed by atoms with Gasteiger partial charge in [0.2, 0.25) is 0 Å². The predicted molar refractivity (Wildman–Crippen MR) is 106 cm³/mol. The highest BCUT2D eigenvalue weighted by atomic mass is 19.4. The van der Waals surface area contributed by atoms with Crippen molar-refractivity contribution in [2.45, 2.75) is 50.3 Å². The van der Waals surface area contributed by atoms with Gasteiger partial charge >= 0.3 is 12.3 Å². The maximum absolute atomic E-state index is 14.4. The lowest BCUT2D eigenvalue weighted by Gasteiger charge is -2.27. The van der Waals surface area contributed by atoms with E-state index in [9.17, 15) is 30.7 Å². The first-order chi connectivity index (χ1) is 15.0. The Hall–Kier alpha value is -2.35. The Morgan fingerprint density at radius 1 is 0.906 bits per heavy atom. The molecule has 0 atom stereocenters. The summed E-state index contributed by atoms with van der Waals surface area (Å²) in [5.41, 5.74) is -1.62. The number of hydrogen-bond acceptors (Lipinski definition) is 1. The molecule has 174 valence electrons. The Morgan fingerprint density at radius 3 is 1.97 bits per heavy atom. The normalized spacial score (nSPS) is 19.7. The summed E-state index contributed by atoms with van der Waals surface area (Å²) in [5, 5.41) is 0. The molecule has 8 heteroatoms. The number of ether oxygens (including phenoxy) is 1. The first-order valence-electron chi connectivity index (χ1n) is 10.3. The van der Waals surface area contributed by atoms with Crippen LogP contribution in [0.2, 0.25) is 0 Å². The SMILES string of the molecule is C=C[C@H]1CC[C@H](c2ccc(C(F)(F)OCCc3cc(F)c(C(F)(F)F)c(F)c3)cc2)CC1. The van der Waals surface area contributed by atoms with Crippen molar-refractivity contribution in [2.24, 2.45) is 5.92 Å². The van der Waals surface area contributed by atoms with E-state index in [-0.39, 0.29) is 17.5 Å². The Kier molecular flexibility index (Phi) is 7.32. The first-order valence-corrected chi connectivity index (χ1v) is 10.3. The highest BCUT2D eigenvalue weighted by Crippen LogP contribution is 2.38. The summed E-state index contributed by atoms with van der Waals surface area (Å²) >= 11 is 0. The monoisotopic (exact) mass is 460 g/mol. The number of rotatable bonds is 7. The molecule has 0 heterocycles. The van der Waals surface area contributed by atoms with Crippen molar-refractivity contribution in [3.63, 3.8) is 0 Å². The standard InChI is InChI=1S/C24H23F7O/c1-2-15-3-5-17(6-4-15)18-7-9-19(10-8-18)24(30,31)32-12-11-16-13-20(25)22(21(26)14-16)23(27,28)29/h2,7-10,13-15,17H,1,3-6,11-12H2/t15-,17-. The van der Waals surface area contributed by atoms with Crippen molar-refractivity contribution in [1.82, 2.24) is 0 Å². The van der Waals surface area contributed by atoms with Gasteiger partial charge in [-0.05, 0) is 67.2 Å². The summed E-state index contributed by atoms with van der Waals surface area (Å²) < 4.78 is 98.4. The van der Waals surface area contributed by atoms with Crippen LogP contribution < -0.4 is 0 Å². The third-order valence-corrected chi connectivity index (χ3v) is 5.88. The Morgan fingerprint density at radius 2 is 1.47 bits per heavy atom. The van der Waals surface area contributed by atoms with Crippen LogP contribution in [0.15, 0.2) is 49.1 Å². The average Bonchev–Trinajstić information content (AvgIpc) is 2.72. The number of halogens is 7. The lowest BCUT2D eigenvalue weighted by Crippen LogP contribution is -2.20. The van der Waals surface area contributed by atoms with E-state index >= 15 is 0 Å². The van der Waals surface area contributed by atoms with Gasteiger partial charge in [0.05, 0.1) is 12.2 Å². The smallest absolute Gasteiger partial charge is 0.316 e. The van der Waals surface area contributed by atoms with Crippen molar-refractivity contribution in [1.29, 1.82) is 0 Å². The molecule has 0 saturated heterocycles. The maximum atomic E-state index is 14.4. The molecule has 0 radical (unpaired) electrons. The second-order valence-electron chi connectivity index (χ2n) is 8.02. The Balaban J connectivity index is 1.59. The van der Waals surface area contributed by atoms with E-state index in [0.717, 1.165) is 31.2 Å². The maximum Gasteiger partial charge on any atom is 0.422 e. The van der Waals surface area contributed by atoms with Crippen LogP contribution in [0.3, 0.4) is 0 Å². The molecule has 0 N–H and O–H groups in total. The van der Waals surface area contributed by atoms with E-state index in [4.69, 9.17) is 0 Å². The minimum atomic E-state index is -5.19. The first kappa shape index (κ1) is 24.3. The third kappa shape index (κ3) is 5.71. The molecular formula is C24H23F7O. The lowest BCUT2D eigenvalue weighted by molar-refractivity contribution is -0.248. The van der Waals surface area contributed by atoms with E-state index < -0.39 is 36.1 Å². The zero-order valence-corrected chi connectivity index (χ0v) is 17.2. The second kappa shape index (κ2) is 9.65. The lowest BCUT2D eigenvalue weighted by atomic mass is 9.79. The molecule has 1 aliphatic rings. The van der Waals surface area contributed by atoms with Crippen molar-refractivity contribution in [2.75, 3.05) is 6.61 Å². The summed E-state index contributed by atoms with van der Waals surface area (Å²) in [5.74, 6) is -2.79. The highest BCUT2D eigenvalue weighted by molar-refractivity contribution is 5.29. The molecule has 0 aliphatic heterocycles. The van der Waals surface area contributed by atoms with Gasteiger partial charge in [-0.2, -0.15) is 22.0 Å². The molecule has 0 unspecified atom stereocenters. The van der Waals surface area contributed by atoms with Crippen molar-refractivity contribution >= 4 is 0 Å². The van der Waals surface area contributed by atoms with Gasteiger partial charge in [-0.1, -0.05) is 30.3 Å². The van der Waals surface area contributed by atoms with Crippen LogP contribution in [-0.4, -0.2) is 6.61 Å². The summed E-state index contributed by atoms with van der Waals surface area (Å²) in [6, 6.07) is 6.81. The van der Waals surface area contributed by atoms with Crippen LogP contribution in [0.4, 0.5) is 30.7 Å². The third-order valence-electron chi connectivity index (χ3n) is 5.88. The van der Waals surface area contributed by atoms with Crippen molar-refractivity contribution < 1.29 is 35.5 Å². The van der Waals surface area contributed by atoms with Crippen LogP contribution >= 0.6 is 0 Å². The van der Waals surface area contributed by atoms with Crippen LogP contribution in [0, 0.1) is 17.6 Å². The minimum absolute atomic E-state index is 0.214. The largest absolute Gasteiger partial charge is 0.422 e. The van der Waals surface area contributed by atoms with E-state index in [0.29, 0.717) is 24.0 Å². The summed E-state index contributed by atoms with van der Waals surface area (Å²) in [4.78, 5) is 0. The number of benzene rings is 2. The predicted octanol–water partition coefficient (Wildman–Crippen LogP) is 7.75. The molecule has 0 bridgehead atoms. The van der Waals surface area contributed by atoms with Gasteiger partial charge in [-0.25, -0.2) is 8.78 Å². The summed E-state index contributed by atoms with van der Waals surface area (Å²) in [7, 11) is 0. The average molecular weight is 460 g/mol. The molecule has 0 amide bonds. The molecule has 2 aromatic rings. The number of hydrogen-bond donors (Lipinski definition) is 0. The zero-order chi connectivity index (χ0) is 23.5. The van der Waals surface area contributed by atoms with Crippen molar-refractivity contribution in [3.05, 3.63) is 82.9 Å². The minimum Gasteiger partial charge on any atom is -0.316 e. The van der Waals surface area contributed by atoms with E-state index in [1.165, 1.54) is 12.1 Å². The molecule has 1 fully saturated rings. The van der Waals surface area contributed by atoms with Crippen molar-refractivity contribution in [3.8, 4) is 0 Å². The van der Waals surface area contributed by atoms with Gasteiger partial charge in [0.1, 0.15) is 17.2 Å². The zero-order valence-electron chi connectivity index (χ0n) is 17.2. The van der Waals surface area contributed by atoms with E-state index in [2.05, 4.69) is 11.3 Å². The highest BCUT2D eigenvalue weighted by Gasteiger charge is 2.38. The van der Waals surface area contributed by atoms with Gasteiger partial charge in [-0.15, -0.1) is 6.58 Å². The van der Waals surface area contributed by atoms with E-state index in [1.54, 1.807) is 12.1 Å². The fourth-order valence-electron chi connectivity index (χ4n) is 4.06. The van der Waals surface area contributed by atoms with Gasteiger partial charge < -0.3 is 4.74 Å². The van der Waals surface area contributed by atoms with Crippen LogP contribution in [0.25, 0.3) is 0 Å². The summed E-state index contributed by atoms with van der Waals surface area (Å²) in [6.07, 6.45) is -3.32. The van der Waals surface area contributed by atoms with Gasteiger partial charge in [-0.3, -0.25) is 0 Å². The Bertz CT molecular complexity index is 903. The van der Waals surface area contributed by atoms with Gasteiger partial charge in [0, 0.05) is 0 Å². The summed E-state index contributed by atoms with van der Waals surface area (Å²) in [6.45, 7) is 3.17. The van der Waals surface area contributed by atoms with Gasteiger partial charge in [0.15, 0.2) is 0 Å². The van der Waals surface area contributed by atoms with Crippen LogP contribution in [0.1, 0.15) is 53.9 Å². The number of allylic oxidation sites excluding steroid dienone is 1. The number of alkyl halides is 5. The fraction of sp³-hybridized carbons (Fsp3) is 0.417. The molecular weight excluding hydrogens is 437 g/mol. The van der Waals surface area contributed by atoms with Crippen LogP contribution in [0.5, 0.6) is 0 Å². The fourth-order valence-corrected chi connectivity index (χ4v) is 4.06. The van der Waals surface area contributed by atoms with Gasteiger partial charge in [0.25, 0.3) is 0 Å². The molecule has 0 spiro atoms. The van der Waals surface area contributed by atoms with Crippen LogP contribution in [-0.2, 0) is 23.4 Å². The second-order valence-corrected chi connectivity index (χ2v) is 8.02. The Labute approximate surface area is 181 Å². The molecule has 1 nitrogen and oxygen atoms in total. The molecule has 3 rings (SSSR count). The quantitative estimate of drug-likeness (QED) is 0.303. The topological polar surface area (TPSA) is 9.23 Å². The molecule has 1 saturated carbocycles. The molecule has 32 heavy (non-hydrogen) atoms. The molecule has 1 aliphatic carbocycles. The molecule has 2 aromatic carbocycles.